The number of benzene rings is 1. The van der Waals surface area contributed by atoms with Crippen LogP contribution >= 0.6 is 0 Å². The molecule has 0 saturated carbocycles. The standard InChI is InChI=1S/C20H24F2N2O2/c1-2-3-8-17(25)24-12-10-20(14-24)9-5-11-23(19(20)26)13-15-6-4-7-16(21)18(15)22/h2-4,6-7H,5,8-14H2,1H3/b3-2+. The lowest BCUT2D eigenvalue weighted by Gasteiger charge is -2.39. The van der Waals surface area contributed by atoms with Gasteiger partial charge in [-0.1, -0.05) is 24.3 Å². The number of piperidine rings is 1. The number of nitrogens with zero attached hydrogens (tertiary/aromatic N) is 2. The lowest BCUT2D eigenvalue weighted by Crippen LogP contribution is -2.50. The smallest absolute Gasteiger partial charge is 0.230 e. The van der Waals surface area contributed by atoms with Crippen LogP contribution in [0.25, 0.3) is 0 Å². The van der Waals surface area contributed by atoms with Crippen molar-refractivity contribution in [1.82, 2.24) is 9.80 Å². The molecule has 0 bridgehead atoms. The molecule has 2 aliphatic heterocycles. The maximum absolute atomic E-state index is 14.0. The van der Waals surface area contributed by atoms with Gasteiger partial charge < -0.3 is 9.80 Å². The number of carbonyl (C=O) groups excluding carboxylic acids is 2. The molecule has 3 rings (SSSR count). The Morgan fingerprint density at radius 3 is 2.85 bits per heavy atom. The van der Waals surface area contributed by atoms with Gasteiger partial charge in [-0.2, -0.15) is 0 Å². The average molecular weight is 362 g/mol. The predicted molar refractivity (Wildman–Crippen MR) is 94.1 cm³/mol. The monoisotopic (exact) mass is 362 g/mol. The molecule has 2 heterocycles. The molecule has 0 N–H and O–H groups in total. The Morgan fingerprint density at radius 1 is 1.27 bits per heavy atom. The Balaban J connectivity index is 1.72. The van der Waals surface area contributed by atoms with Gasteiger partial charge in [-0.25, -0.2) is 8.78 Å². The highest BCUT2D eigenvalue weighted by molar-refractivity contribution is 5.86. The quantitative estimate of drug-likeness (QED) is 0.772. The van der Waals surface area contributed by atoms with Crippen molar-refractivity contribution in [2.75, 3.05) is 19.6 Å². The molecule has 140 valence electrons. The fourth-order valence-corrected chi connectivity index (χ4v) is 3.99. The number of allylic oxidation sites excluding steroid dienone is 1. The normalized spacial score (nSPS) is 23.4. The van der Waals surface area contributed by atoms with Crippen LogP contribution in [0.3, 0.4) is 0 Å². The SMILES string of the molecule is C/C=C/CC(=O)N1CCC2(CCCN(Cc3cccc(F)c3F)C2=O)C1. The van der Waals surface area contributed by atoms with E-state index in [2.05, 4.69) is 0 Å². The lowest BCUT2D eigenvalue weighted by molar-refractivity contribution is -0.146. The molecule has 1 unspecified atom stereocenters. The Labute approximate surface area is 152 Å². The molecule has 1 aromatic carbocycles. The molecule has 26 heavy (non-hydrogen) atoms. The summed E-state index contributed by atoms with van der Waals surface area (Å²) in [6.45, 7) is 3.46. The number of halogens is 2. The number of rotatable bonds is 4. The van der Waals surface area contributed by atoms with E-state index in [0.717, 1.165) is 18.9 Å². The number of carbonyl (C=O) groups is 2. The molecule has 0 aliphatic carbocycles. The van der Waals surface area contributed by atoms with Gasteiger partial charge in [-0.3, -0.25) is 9.59 Å². The summed E-state index contributed by atoms with van der Waals surface area (Å²) in [5, 5.41) is 0. The summed E-state index contributed by atoms with van der Waals surface area (Å²) in [6.07, 6.45) is 6.18. The highest BCUT2D eigenvalue weighted by Crippen LogP contribution is 2.40. The van der Waals surface area contributed by atoms with Crippen molar-refractivity contribution in [2.45, 2.75) is 39.2 Å². The van der Waals surface area contributed by atoms with Crippen LogP contribution in [0.4, 0.5) is 8.78 Å². The largest absolute Gasteiger partial charge is 0.341 e. The van der Waals surface area contributed by atoms with E-state index >= 15 is 0 Å². The Bertz CT molecular complexity index is 735. The summed E-state index contributed by atoms with van der Waals surface area (Å²) in [7, 11) is 0. The number of hydrogen-bond donors (Lipinski definition) is 0. The van der Waals surface area contributed by atoms with Crippen molar-refractivity contribution in [2.24, 2.45) is 5.41 Å². The van der Waals surface area contributed by atoms with Gasteiger partial charge in [0.05, 0.1) is 5.41 Å². The summed E-state index contributed by atoms with van der Waals surface area (Å²) in [6, 6.07) is 4.03. The molecule has 1 atom stereocenters. The van der Waals surface area contributed by atoms with E-state index in [1.54, 1.807) is 9.80 Å². The second kappa shape index (κ2) is 7.56. The van der Waals surface area contributed by atoms with Gasteiger partial charge in [-0.05, 0) is 32.3 Å². The molecule has 1 aromatic rings. The molecule has 1 spiro atoms. The second-order valence-electron chi connectivity index (χ2n) is 7.16. The highest BCUT2D eigenvalue weighted by Gasteiger charge is 2.49. The molecule has 2 amide bonds. The van der Waals surface area contributed by atoms with Crippen LogP contribution < -0.4 is 0 Å². The first kappa shape index (κ1) is 18.5. The maximum atomic E-state index is 14.0. The average Bonchev–Trinajstić information content (AvgIpc) is 3.06. The molecule has 4 nitrogen and oxygen atoms in total. The third-order valence-electron chi connectivity index (χ3n) is 5.45. The van der Waals surface area contributed by atoms with Crippen molar-refractivity contribution in [3.63, 3.8) is 0 Å². The van der Waals surface area contributed by atoms with Gasteiger partial charge in [-0.15, -0.1) is 0 Å². The van der Waals surface area contributed by atoms with E-state index in [1.807, 2.05) is 19.1 Å². The van der Waals surface area contributed by atoms with Gasteiger partial charge in [0, 0.05) is 38.2 Å². The van der Waals surface area contributed by atoms with Gasteiger partial charge in [0.15, 0.2) is 11.6 Å². The Kier molecular flexibility index (Phi) is 5.39. The summed E-state index contributed by atoms with van der Waals surface area (Å²) in [5.74, 6) is -1.81. The zero-order chi connectivity index (χ0) is 18.7. The zero-order valence-corrected chi connectivity index (χ0v) is 15.0. The molecule has 0 radical (unpaired) electrons. The highest BCUT2D eigenvalue weighted by atomic mass is 19.2. The van der Waals surface area contributed by atoms with Crippen molar-refractivity contribution in [3.8, 4) is 0 Å². The van der Waals surface area contributed by atoms with Gasteiger partial charge in [0.25, 0.3) is 0 Å². The summed E-state index contributed by atoms with van der Waals surface area (Å²) >= 11 is 0. The summed E-state index contributed by atoms with van der Waals surface area (Å²) < 4.78 is 27.4. The van der Waals surface area contributed by atoms with Crippen LogP contribution in [0, 0.1) is 17.0 Å². The molecule has 6 heteroatoms. The second-order valence-corrected chi connectivity index (χ2v) is 7.16. The summed E-state index contributed by atoms with van der Waals surface area (Å²) in [5.41, 5.74) is -0.386. The Hall–Kier alpha value is -2.24. The maximum Gasteiger partial charge on any atom is 0.230 e. The van der Waals surface area contributed by atoms with E-state index in [4.69, 9.17) is 0 Å². The van der Waals surface area contributed by atoms with E-state index in [0.29, 0.717) is 32.5 Å². The fourth-order valence-electron chi connectivity index (χ4n) is 3.99. The van der Waals surface area contributed by atoms with Crippen molar-refractivity contribution < 1.29 is 18.4 Å². The minimum Gasteiger partial charge on any atom is -0.341 e. The summed E-state index contributed by atoms with van der Waals surface area (Å²) in [4.78, 5) is 28.7. The molecule has 2 aliphatic rings. The van der Waals surface area contributed by atoms with E-state index in [9.17, 15) is 18.4 Å². The third-order valence-corrected chi connectivity index (χ3v) is 5.45. The van der Waals surface area contributed by atoms with Crippen LogP contribution in [0.2, 0.25) is 0 Å². The molecular weight excluding hydrogens is 338 g/mol. The molecule has 2 fully saturated rings. The van der Waals surface area contributed by atoms with E-state index in [-0.39, 0.29) is 23.9 Å². The fraction of sp³-hybridized carbons (Fsp3) is 0.500. The van der Waals surface area contributed by atoms with Gasteiger partial charge in [0.2, 0.25) is 11.8 Å². The first-order valence-corrected chi connectivity index (χ1v) is 9.08. The van der Waals surface area contributed by atoms with Gasteiger partial charge >= 0.3 is 0 Å². The number of likely N-dealkylation sites (tertiary alicyclic amines) is 2. The molecule has 0 aromatic heterocycles. The Morgan fingerprint density at radius 2 is 2.08 bits per heavy atom. The van der Waals surface area contributed by atoms with Crippen LogP contribution in [0.15, 0.2) is 30.4 Å². The van der Waals surface area contributed by atoms with Crippen LogP contribution in [-0.4, -0.2) is 41.2 Å². The minimum absolute atomic E-state index is 0.0288. The predicted octanol–water partition coefficient (Wildman–Crippen LogP) is 3.27. The number of amides is 2. The van der Waals surface area contributed by atoms with E-state index < -0.39 is 17.0 Å². The van der Waals surface area contributed by atoms with Gasteiger partial charge in [0.1, 0.15) is 0 Å². The topological polar surface area (TPSA) is 40.6 Å². The minimum atomic E-state index is -0.900. The first-order chi connectivity index (χ1) is 12.5. The van der Waals surface area contributed by atoms with E-state index in [1.165, 1.54) is 12.1 Å². The number of hydrogen-bond acceptors (Lipinski definition) is 2. The van der Waals surface area contributed by atoms with Crippen LogP contribution in [0.5, 0.6) is 0 Å². The van der Waals surface area contributed by atoms with Crippen LogP contribution in [0.1, 0.15) is 38.2 Å². The molecular formula is C20H24F2N2O2. The van der Waals surface area contributed by atoms with Crippen molar-refractivity contribution in [1.29, 1.82) is 0 Å². The van der Waals surface area contributed by atoms with Crippen molar-refractivity contribution in [3.05, 3.63) is 47.5 Å². The van der Waals surface area contributed by atoms with Crippen LogP contribution in [-0.2, 0) is 16.1 Å². The molecule has 2 saturated heterocycles. The lowest BCUT2D eigenvalue weighted by atomic mass is 9.78. The first-order valence-electron chi connectivity index (χ1n) is 9.08. The zero-order valence-electron chi connectivity index (χ0n) is 15.0. The third kappa shape index (κ3) is 3.50. The van der Waals surface area contributed by atoms with Crippen molar-refractivity contribution >= 4 is 11.8 Å².